The smallest absolute Gasteiger partial charge is 0.142 e. The summed E-state index contributed by atoms with van der Waals surface area (Å²) in [6, 6.07) is 32.1. The Morgan fingerprint density at radius 1 is 0.596 bits per heavy atom. The van der Waals surface area contributed by atoms with E-state index in [9.17, 15) is 5.16 Å². The molecule has 5 heteroatoms. The largest absolute Gasteiger partial charge is 0.807 e. The molecule has 0 saturated heterocycles. The van der Waals surface area contributed by atoms with E-state index >= 15 is 0 Å². The monoisotopic (exact) mass is 819 g/mol. The second-order valence-corrected chi connectivity index (χ2v) is 20.0. The van der Waals surface area contributed by atoms with Crippen LogP contribution in [0.3, 0.4) is 0 Å². The van der Waals surface area contributed by atoms with Gasteiger partial charge in [-0.05, 0) is 59.5 Å². The fraction of sp³-hybridized carbons (Fsp3) is 0.381. The molecular weight excluding hydrogens is 758 g/mol. The maximum Gasteiger partial charge on any atom is 0.142 e. The number of nitrogens with zero attached hydrogens (tertiary/aromatic N) is 1. The average Bonchev–Trinajstić information content (AvgIpc) is 2.95. The normalized spacial score (nSPS) is 11.2. The van der Waals surface area contributed by atoms with Crippen molar-refractivity contribution in [3.05, 3.63) is 144 Å². The Morgan fingerprint density at radius 2 is 0.936 bits per heavy atom. The maximum absolute atomic E-state index is 11.1. The van der Waals surface area contributed by atoms with E-state index in [1.807, 2.05) is 84.9 Å². The number of rotatable bonds is 3. The van der Waals surface area contributed by atoms with Crippen molar-refractivity contribution in [1.82, 2.24) is 0 Å². The molecule has 0 unspecified atom stereocenters. The first-order chi connectivity index (χ1) is 21.2. The third kappa shape index (κ3) is 13.8. The minimum absolute atomic E-state index is 0. The Hall–Kier alpha value is -2.68. The van der Waals surface area contributed by atoms with Crippen LogP contribution in [0.4, 0.5) is 11.4 Å². The van der Waals surface area contributed by atoms with Gasteiger partial charge >= 0.3 is 0 Å². The van der Waals surface area contributed by atoms with Crippen LogP contribution < -0.4 is 10.1 Å². The summed E-state index contributed by atoms with van der Waals surface area (Å²) in [6.07, 6.45) is 0. The second kappa shape index (κ2) is 19.4. The van der Waals surface area contributed by atoms with Crippen LogP contribution in [0.15, 0.2) is 97.1 Å². The van der Waals surface area contributed by atoms with Gasteiger partial charge in [-0.2, -0.15) is 49.2 Å². The molecule has 1 N–H and O–H groups in total. The molecular formula is C42H60HfN2OP-3. The molecule has 47 heavy (non-hydrogen) atoms. The number of anilines is 2. The van der Waals surface area contributed by atoms with E-state index in [0.717, 1.165) is 28.3 Å². The fourth-order valence-electron chi connectivity index (χ4n) is 6.23. The zero-order chi connectivity index (χ0) is 35.3. The van der Waals surface area contributed by atoms with Crippen molar-refractivity contribution in [3.8, 4) is 5.75 Å². The van der Waals surface area contributed by atoms with Gasteiger partial charge < -0.3 is 15.2 Å². The van der Waals surface area contributed by atoms with Crippen molar-refractivity contribution < 1.29 is 30.6 Å². The fourth-order valence-corrected chi connectivity index (χ4v) is 12.3. The quantitative estimate of drug-likeness (QED) is 0.127. The molecule has 0 aromatic heterocycles. The number of para-hydroxylation sites is 2. The second-order valence-electron chi connectivity index (χ2n) is 14.7. The van der Waals surface area contributed by atoms with Crippen LogP contribution in [-0.4, -0.2) is 22.6 Å². The van der Waals surface area contributed by atoms with Crippen molar-refractivity contribution in [2.45, 2.75) is 98.6 Å². The van der Waals surface area contributed by atoms with E-state index in [1.54, 1.807) is 7.11 Å². The summed E-state index contributed by atoms with van der Waals surface area (Å²) in [5, 5.41) is 14.6. The van der Waals surface area contributed by atoms with Crippen molar-refractivity contribution >= 4 is 18.4 Å². The first-order valence-corrected chi connectivity index (χ1v) is 17.7. The van der Waals surface area contributed by atoms with Gasteiger partial charge in [0, 0.05) is 31.5 Å². The van der Waals surface area contributed by atoms with Gasteiger partial charge in [-0.25, -0.2) is 7.05 Å². The molecule has 0 amide bonds. The van der Waals surface area contributed by atoms with Crippen LogP contribution >= 0.6 is 7.05 Å². The molecule has 0 aliphatic carbocycles. The summed E-state index contributed by atoms with van der Waals surface area (Å²) in [4.78, 5) is 0. The number of hydrogen-bond donors (Lipinski definition) is 1. The third-order valence-corrected chi connectivity index (χ3v) is 13.5. The molecule has 0 saturated carbocycles. The molecule has 0 aliphatic rings. The van der Waals surface area contributed by atoms with E-state index in [4.69, 9.17) is 4.74 Å². The van der Waals surface area contributed by atoms with Gasteiger partial charge in [0.15, 0.2) is 0 Å². The molecule has 0 fully saturated rings. The van der Waals surface area contributed by atoms with Crippen LogP contribution in [-0.2, 0) is 25.8 Å². The molecule has 0 aliphatic heterocycles. The molecule has 0 heterocycles. The zero-order valence-corrected chi connectivity index (χ0v) is 35.9. The average molecular weight is 818 g/mol. The number of hydrogen-bond acceptors (Lipinski definition) is 2. The van der Waals surface area contributed by atoms with Crippen molar-refractivity contribution in [2.24, 2.45) is 0 Å². The summed E-state index contributed by atoms with van der Waals surface area (Å²) in [7, 11) is -0.331. The first kappa shape index (κ1) is 44.3. The van der Waals surface area contributed by atoms with Gasteiger partial charge in [-0.15, -0.1) is 24.3 Å². The predicted molar refractivity (Wildman–Crippen MR) is 208 cm³/mol. The van der Waals surface area contributed by atoms with Gasteiger partial charge in [-0.3, -0.25) is 0 Å². The predicted octanol–water partition coefficient (Wildman–Crippen LogP) is 13.3. The molecule has 0 spiro atoms. The van der Waals surface area contributed by atoms with Gasteiger partial charge in [-0.1, -0.05) is 104 Å². The molecule has 256 valence electrons. The molecule has 0 atom stereocenters. The van der Waals surface area contributed by atoms with E-state index in [2.05, 4.69) is 114 Å². The van der Waals surface area contributed by atoms with Gasteiger partial charge in [0.1, 0.15) is 5.75 Å². The molecule has 0 radical (unpaired) electrons. The van der Waals surface area contributed by atoms with Gasteiger partial charge in [0.2, 0.25) is 0 Å². The van der Waals surface area contributed by atoms with Crippen LogP contribution in [0.25, 0.3) is 5.16 Å². The van der Waals surface area contributed by atoms with Crippen LogP contribution in [0.5, 0.6) is 5.75 Å². The first-order valence-electron chi connectivity index (χ1n) is 16.0. The third-order valence-electron chi connectivity index (χ3n) is 7.64. The molecule has 4 rings (SSSR count). The van der Waals surface area contributed by atoms with E-state index in [0.29, 0.717) is 0 Å². The molecule has 4 aromatic rings. The number of methoxy groups -OCH3 is 1. The number of aryl methyl sites for hydroxylation is 3. The van der Waals surface area contributed by atoms with Gasteiger partial charge in [0.05, 0.1) is 12.8 Å². The minimum Gasteiger partial charge on any atom is -0.807 e. The summed E-state index contributed by atoms with van der Waals surface area (Å²) < 4.78 is 5.36. The minimum atomic E-state index is -2.02. The number of nitrogens with one attached hydrogen (secondary N) is 1. The maximum atomic E-state index is 11.1. The van der Waals surface area contributed by atoms with E-state index < -0.39 is 7.05 Å². The molecule has 0 bridgehead atoms. The summed E-state index contributed by atoms with van der Waals surface area (Å²) in [5.74, 6) is 0.858. The topological polar surface area (TPSA) is 43.6 Å². The Balaban J connectivity index is 0.000000644. The van der Waals surface area contributed by atoms with E-state index in [-0.39, 0.29) is 41.3 Å². The van der Waals surface area contributed by atoms with Crippen LogP contribution in [0.1, 0.15) is 90.1 Å². The summed E-state index contributed by atoms with van der Waals surface area (Å²) in [6.45, 7) is 33.3. The summed E-state index contributed by atoms with van der Waals surface area (Å²) in [5.41, 5.74) is 8.08. The van der Waals surface area contributed by atoms with Crippen LogP contribution in [0.2, 0.25) is 0 Å². The van der Waals surface area contributed by atoms with Crippen LogP contribution in [0, 0.1) is 34.6 Å². The van der Waals surface area contributed by atoms with Crippen molar-refractivity contribution in [2.75, 3.05) is 12.4 Å². The Labute approximate surface area is 308 Å². The van der Waals surface area contributed by atoms with Crippen molar-refractivity contribution in [3.63, 3.8) is 0 Å². The Bertz CT molecular complexity index is 1410. The Kier molecular flexibility index (Phi) is 18.2. The Morgan fingerprint density at radius 3 is 1.21 bits per heavy atom. The molecule has 3 nitrogen and oxygen atoms in total. The van der Waals surface area contributed by atoms with Gasteiger partial charge in [0.25, 0.3) is 0 Å². The SMILES string of the molecule is CC(C)(C)P(=[N-])(C(C)(C)C)C(C)(C)C.COc1ccccc1Nc1c(C)cc(C)cc1C.[CH2-]c1ccccc1.[CH2-]c1ccccc1.[Hf]. The molecule has 4 aromatic carbocycles. The number of benzene rings is 4. The number of ether oxygens (including phenoxy) is 1. The van der Waals surface area contributed by atoms with E-state index in [1.165, 1.54) is 16.7 Å². The standard InChI is InChI=1S/C16H19NO.C12H27NP.2C7H7.Hf/c1-11-9-12(2)16(13(3)10-11)17-14-7-5-6-8-15(14)18-4;1-10(2,3)14(13,11(4,5)6)12(7,8)9;2*1-7-5-3-2-4-6-7;/h5-10,17H,1-4H3;1-9H3;2*2-6H,1H2;/q;3*-1;. The summed E-state index contributed by atoms with van der Waals surface area (Å²) >= 11 is 0. The van der Waals surface area contributed by atoms with Crippen molar-refractivity contribution in [1.29, 1.82) is 0 Å². The zero-order valence-electron chi connectivity index (χ0n) is 31.5.